The molecule has 0 spiro atoms. The van der Waals surface area contributed by atoms with Crippen molar-refractivity contribution in [2.75, 3.05) is 13.2 Å². The van der Waals surface area contributed by atoms with Crippen molar-refractivity contribution in [1.29, 1.82) is 0 Å². The largest absolute Gasteiger partial charge is 0.443 e. The van der Waals surface area contributed by atoms with Gasteiger partial charge in [-0.25, -0.2) is 24.0 Å². The molecule has 4 bridgehead atoms. The van der Waals surface area contributed by atoms with E-state index >= 15 is 0 Å². The smallest absolute Gasteiger partial charge is 0.407 e. The Labute approximate surface area is 149 Å². The third-order valence-corrected chi connectivity index (χ3v) is 5.10. The number of ether oxygens (including phenoxy) is 2. The molecule has 142 valence electrons. The lowest BCUT2D eigenvalue weighted by atomic mass is 9.79. The molecule has 0 radical (unpaired) electrons. The van der Waals surface area contributed by atoms with Gasteiger partial charge in [-0.1, -0.05) is 0 Å². The SMILES string of the molecule is O=C1NCC(F)(F)COC2CCC3NNC(c4cncc(n4)CO1)C3C2. The Balaban J connectivity index is 1.59. The van der Waals surface area contributed by atoms with Crippen molar-refractivity contribution in [2.24, 2.45) is 5.92 Å². The van der Waals surface area contributed by atoms with Gasteiger partial charge in [0, 0.05) is 12.0 Å². The molecule has 8 nitrogen and oxygen atoms in total. The zero-order chi connectivity index (χ0) is 18.1. The van der Waals surface area contributed by atoms with E-state index < -0.39 is 25.2 Å². The third-order valence-electron chi connectivity index (χ3n) is 5.10. The third kappa shape index (κ3) is 3.76. The lowest BCUT2D eigenvalue weighted by Crippen LogP contribution is -2.42. The first kappa shape index (κ1) is 17.5. The second-order valence-electron chi connectivity index (χ2n) is 7.00. The van der Waals surface area contributed by atoms with Crippen LogP contribution < -0.4 is 16.2 Å². The number of aromatic nitrogens is 2. The van der Waals surface area contributed by atoms with E-state index in [9.17, 15) is 13.6 Å². The number of nitrogens with zero attached hydrogens (tertiary/aromatic N) is 2. The monoisotopic (exact) mass is 369 g/mol. The molecule has 2 aliphatic heterocycles. The van der Waals surface area contributed by atoms with E-state index in [2.05, 4.69) is 26.1 Å². The van der Waals surface area contributed by atoms with Crippen LogP contribution in [0.2, 0.25) is 0 Å². The van der Waals surface area contributed by atoms with Crippen LogP contribution in [0.5, 0.6) is 0 Å². The van der Waals surface area contributed by atoms with Gasteiger partial charge in [0.2, 0.25) is 0 Å². The second kappa shape index (κ2) is 7.01. The predicted molar refractivity (Wildman–Crippen MR) is 85.0 cm³/mol. The molecule has 1 aromatic rings. The molecule has 1 aliphatic carbocycles. The van der Waals surface area contributed by atoms with E-state index in [0.29, 0.717) is 18.5 Å². The van der Waals surface area contributed by atoms with Crippen molar-refractivity contribution in [2.45, 2.75) is 50.0 Å². The van der Waals surface area contributed by atoms with E-state index in [1.807, 2.05) is 0 Å². The van der Waals surface area contributed by atoms with Crippen LogP contribution in [0.3, 0.4) is 0 Å². The Kier molecular flexibility index (Phi) is 4.72. The van der Waals surface area contributed by atoms with Crippen molar-refractivity contribution in [3.05, 3.63) is 23.8 Å². The van der Waals surface area contributed by atoms with E-state index in [1.54, 1.807) is 6.20 Å². The summed E-state index contributed by atoms with van der Waals surface area (Å²) in [5.74, 6) is -2.99. The molecule has 1 saturated carbocycles. The Bertz CT molecular complexity index is 677. The van der Waals surface area contributed by atoms with Crippen LogP contribution in [-0.2, 0) is 16.1 Å². The number of hydrogen-bond acceptors (Lipinski definition) is 7. The standard InChI is InChI=1S/C16H21F2N5O3/c17-16(18)7-20-15(24)25-6-9-4-19-5-13(21-9)14-11-3-10(26-8-16)1-2-12(11)22-23-14/h4-5,10-12,14,22-23H,1-3,6-8H2,(H,20,24). The molecule has 10 heteroatoms. The van der Waals surface area contributed by atoms with Gasteiger partial charge in [-0.3, -0.25) is 10.4 Å². The zero-order valence-corrected chi connectivity index (χ0v) is 14.1. The van der Waals surface area contributed by atoms with Gasteiger partial charge < -0.3 is 14.8 Å². The lowest BCUT2D eigenvalue weighted by molar-refractivity contribution is -0.107. The van der Waals surface area contributed by atoms with Gasteiger partial charge in [-0.05, 0) is 19.3 Å². The number of halogens is 2. The number of nitrogens with one attached hydrogen (secondary N) is 3. The number of rotatable bonds is 0. The molecule has 4 rings (SSSR count). The lowest BCUT2D eigenvalue weighted by Gasteiger charge is -2.33. The molecule has 4 unspecified atom stereocenters. The maximum absolute atomic E-state index is 14.0. The fourth-order valence-corrected chi connectivity index (χ4v) is 3.79. The summed E-state index contributed by atoms with van der Waals surface area (Å²) in [6.07, 6.45) is 4.18. The molecule has 4 atom stereocenters. The predicted octanol–water partition coefficient (Wildman–Crippen LogP) is 1.05. The van der Waals surface area contributed by atoms with Crippen molar-refractivity contribution < 1.29 is 23.0 Å². The number of carbonyl (C=O) groups excluding carboxylic acids is 1. The Morgan fingerprint density at radius 3 is 3.00 bits per heavy atom. The number of hydrazine groups is 1. The molecule has 0 aromatic carbocycles. The summed E-state index contributed by atoms with van der Waals surface area (Å²) in [7, 11) is 0. The number of alkyl halides is 2. The number of hydrogen-bond donors (Lipinski definition) is 3. The molecule has 2 fully saturated rings. The first-order valence-corrected chi connectivity index (χ1v) is 8.72. The maximum Gasteiger partial charge on any atom is 0.407 e. The Morgan fingerprint density at radius 1 is 1.23 bits per heavy atom. The normalized spacial score (nSPS) is 34.2. The number of amides is 1. The summed E-state index contributed by atoms with van der Waals surface area (Å²) in [6.45, 7) is -1.69. The number of cyclic esters (lactones) is 1. The maximum atomic E-state index is 14.0. The molecule has 1 amide bonds. The average molecular weight is 369 g/mol. The molecule has 1 saturated heterocycles. The van der Waals surface area contributed by atoms with Crippen LogP contribution in [0.4, 0.5) is 13.6 Å². The van der Waals surface area contributed by atoms with Crippen molar-refractivity contribution in [3.63, 3.8) is 0 Å². The van der Waals surface area contributed by atoms with Crippen LogP contribution in [-0.4, -0.2) is 47.3 Å². The number of fused-ring (bicyclic) bond motifs is 4. The van der Waals surface area contributed by atoms with Gasteiger partial charge in [0.25, 0.3) is 5.92 Å². The van der Waals surface area contributed by atoms with Crippen molar-refractivity contribution in [1.82, 2.24) is 26.1 Å². The minimum Gasteiger partial charge on any atom is -0.443 e. The number of alkyl carbamates (subject to hydrolysis) is 1. The fourth-order valence-electron chi connectivity index (χ4n) is 3.79. The topological polar surface area (TPSA) is 97.4 Å². The van der Waals surface area contributed by atoms with Crippen LogP contribution in [0, 0.1) is 5.92 Å². The van der Waals surface area contributed by atoms with Crippen LogP contribution in [0.1, 0.15) is 36.7 Å². The van der Waals surface area contributed by atoms with Crippen LogP contribution in [0.25, 0.3) is 0 Å². The van der Waals surface area contributed by atoms with Gasteiger partial charge in [-0.15, -0.1) is 0 Å². The first-order chi connectivity index (χ1) is 12.5. The van der Waals surface area contributed by atoms with Gasteiger partial charge >= 0.3 is 6.09 Å². The van der Waals surface area contributed by atoms with Gasteiger partial charge in [0.05, 0.1) is 42.5 Å². The van der Waals surface area contributed by atoms with E-state index in [-0.39, 0.29) is 30.7 Å². The summed E-state index contributed by atoms with van der Waals surface area (Å²) in [5, 5.41) is 2.07. The fraction of sp³-hybridized carbons (Fsp3) is 0.688. The minimum atomic E-state index is -3.15. The van der Waals surface area contributed by atoms with Crippen molar-refractivity contribution in [3.8, 4) is 0 Å². The number of carbonyl (C=O) groups is 1. The molecule has 26 heavy (non-hydrogen) atoms. The quantitative estimate of drug-likeness (QED) is 0.629. The average Bonchev–Trinajstić information content (AvgIpc) is 3.06. The molecular weight excluding hydrogens is 348 g/mol. The summed E-state index contributed by atoms with van der Waals surface area (Å²) >= 11 is 0. The van der Waals surface area contributed by atoms with E-state index in [4.69, 9.17) is 9.47 Å². The van der Waals surface area contributed by atoms with Crippen LogP contribution in [0.15, 0.2) is 12.4 Å². The van der Waals surface area contributed by atoms with E-state index in [0.717, 1.165) is 12.1 Å². The highest BCUT2D eigenvalue weighted by Gasteiger charge is 2.43. The Morgan fingerprint density at radius 2 is 2.12 bits per heavy atom. The second-order valence-corrected chi connectivity index (χ2v) is 7.00. The highest BCUT2D eigenvalue weighted by atomic mass is 19.3. The summed E-state index contributed by atoms with van der Waals surface area (Å²) in [4.78, 5) is 20.3. The zero-order valence-electron chi connectivity index (χ0n) is 14.1. The van der Waals surface area contributed by atoms with Crippen molar-refractivity contribution >= 4 is 6.09 Å². The summed E-state index contributed by atoms with van der Waals surface area (Å²) in [6, 6.07) is 0.138. The van der Waals surface area contributed by atoms with Gasteiger partial charge in [0.1, 0.15) is 13.2 Å². The molecule has 3 aliphatic rings. The van der Waals surface area contributed by atoms with E-state index in [1.165, 1.54) is 6.20 Å². The highest BCUT2D eigenvalue weighted by Crippen LogP contribution is 2.38. The summed E-state index contributed by atoms with van der Waals surface area (Å²) in [5.41, 5.74) is 7.69. The van der Waals surface area contributed by atoms with Gasteiger partial charge in [0.15, 0.2) is 0 Å². The molecular formula is C16H21F2N5O3. The van der Waals surface area contributed by atoms with Crippen LogP contribution >= 0.6 is 0 Å². The Hall–Kier alpha value is -1.91. The van der Waals surface area contributed by atoms with Gasteiger partial charge in [-0.2, -0.15) is 0 Å². The minimum absolute atomic E-state index is 0.0988. The molecule has 3 heterocycles. The summed E-state index contributed by atoms with van der Waals surface area (Å²) < 4.78 is 38.4. The molecule has 1 aromatic heterocycles. The molecule has 3 N–H and O–H groups in total. The highest BCUT2D eigenvalue weighted by molar-refractivity contribution is 5.67. The first-order valence-electron chi connectivity index (χ1n) is 8.72.